The van der Waals surface area contributed by atoms with E-state index in [4.69, 9.17) is 15.2 Å². The summed E-state index contributed by atoms with van der Waals surface area (Å²) in [5.74, 6) is 1.85. The summed E-state index contributed by atoms with van der Waals surface area (Å²) in [6.07, 6.45) is 3.98. The van der Waals surface area contributed by atoms with E-state index in [1.54, 1.807) is 25.9 Å². The van der Waals surface area contributed by atoms with Crippen LogP contribution < -0.4 is 10.5 Å². The monoisotopic (exact) mass is 432 g/mol. The summed E-state index contributed by atoms with van der Waals surface area (Å²) in [5.41, 5.74) is 7.70. The highest BCUT2D eigenvalue weighted by Crippen LogP contribution is 2.39. The number of likely N-dealkylation sites (tertiary alicyclic amines) is 1. The molecule has 30 heavy (non-hydrogen) atoms. The summed E-state index contributed by atoms with van der Waals surface area (Å²) in [5, 5.41) is 0. The van der Waals surface area contributed by atoms with Gasteiger partial charge in [0.1, 0.15) is 11.6 Å². The van der Waals surface area contributed by atoms with Crippen LogP contribution in [0.2, 0.25) is 0 Å². The highest BCUT2D eigenvalue weighted by molar-refractivity contribution is 8.03. The minimum absolute atomic E-state index is 0.290. The Kier molecular flexibility index (Phi) is 7.31. The van der Waals surface area contributed by atoms with Gasteiger partial charge in [0.15, 0.2) is 0 Å². The van der Waals surface area contributed by atoms with Crippen LogP contribution in [0.3, 0.4) is 0 Å². The average Bonchev–Trinajstić information content (AvgIpc) is 3.21. The van der Waals surface area contributed by atoms with E-state index in [1.807, 2.05) is 32.0 Å². The van der Waals surface area contributed by atoms with Gasteiger partial charge >= 0.3 is 0 Å². The number of carbonyl (C=O) groups is 1. The van der Waals surface area contributed by atoms with Gasteiger partial charge in [0.2, 0.25) is 12.4 Å². The molecule has 0 aliphatic carbocycles. The van der Waals surface area contributed by atoms with Gasteiger partial charge in [-0.15, -0.1) is 0 Å². The molecule has 1 aromatic carbocycles. The third-order valence-corrected chi connectivity index (χ3v) is 7.24. The molecule has 2 N–H and O–H groups in total. The van der Waals surface area contributed by atoms with E-state index >= 15 is 0 Å². The summed E-state index contributed by atoms with van der Waals surface area (Å²) in [7, 11) is 3.39. The SMILES string of the molecule is COc1cccc(S/C(C)=C(\N)N=C(N(C)C=O)N2CCC3(CCOC3)CC2)c1C. The zero-order chi connectivity index (χ0) is 21.7. The number of allylic oxidation sites excluding steroid dienone is 1. The Morgan fingerprint density at radius 3 is 2.70 bits per heavy atom. The number of nitrogens with zero attached hydrogens (tertiary/aromatic N) is 3. The molecule has 0 radical (unpaired) electrons. The van der Waals surface area contributed by atoms with Gasteiger partial charge in [-0.1, -0.05) is 17.8 Å². The maximum absolute atomic E-state index is 11.5. The second kappa shape index (κ2) is 9.75. The van der Waals surface area contributed by atoms with Gasteiger partial charge in [0, 0.05) is 42.1 Å². The molecule has 2 aliphatic heterocycles. The van der Waals surface area contributed by atoms with Crippen molar-refractivity contribution in [3.05, 3.63) is 34.5 Å². The molecule has 0 saturated carbocycles. The quantitative estimate of drug-likeness (QED) is 0.333. The van der Waals surface area contributed by atoms with Crippen molar-refractivity contribution in [3.8, 4) is 5.75 Å². The first-order chi connectivity index (χ1) is 14.4. The van der Waals surface area contributed by atoms with Crippen LogP contribution in [-0.4, -0.2) is 62.6 Å². The number of thioether (sulfide) groups is 1. The lowest BCUT2D eigenvalue weighted by Crippen LogP contribution is -2.48. The predicted octanol–water partition coefficient (Wildman–Crippen LogP) is 3.19. The highest BCUT2D eigenvalue weighted by atomic mass is 32.2. The third-order valence-electron chi connectivity index (χ3n) is 6.06. The molecule has 8 heteroatoms. The van der Waals surface area contributed by atoms with Gasteiger partial charge in [-0.25, -0.2) is 0 Å². The van der Waals surface area contributed by atoms with Crippen molar-refractivity contribution in [1.29, 1.82) is 0 Å². The van der Waals surface area contributed by atoms with Crippen molar-refractivity contribution in [2.24, 2.45) is 16.1 Å². The van der Waals surface area contributed by atoms with Gasteiger partial charge in [-0.05, 0) is 50.7 Å². The molecule has 2 aliphatic rings. The van der Waals surface area contributed by atoms with Crippen LogP contribution in [0.1, 0.15) is 31.7 Å². The van der Waals surface area contributed by atoms with E-state index in [2.05, 4.69) is 9.89 Å². The summed E-state index contributed by atoms with van der Waals surface area (Å²) in [6, 6.07) is 5.94. The lowest BCUT2D eigenvalue weighted by atomic mass is 9.78. The van der Waals surface area contributed by atoms with Gasteiger partial charge in [0.05, 0.1) is 13.7 Å². The van der Waals surface area contributed by atoms with Crippen molar-refractivity contribution in [2.75, 3.05) is 40.5 Å². The van der Waals surface area contributed by atoms with Crippen molar-refractivity contribution in [1.82, 2.24) is 9.80 Å². The Hall–Kier alpha value is -2.19. The van der Waals surface area contributed by atoms with Crippen molar-refractivity contribution in [2.45, 2.75) is 38.0 Å². The number of piperidine rings is 1. The fourth-order valence-electron chi connectivity index (χ4n) is 3.97. The fraction of sp³-hybridized carbons (Fsp3) is 0.545. The van der Waals surface area contributed by atoms with Crippen molar-refractivity contribution in [3.63, 3.8) is 0 Å². The molecule has 0 aromatic heterocycles. The smallest absolute Gasteiger partial charge is 0.216 e. The second-order valence-corrected chi connectivity index (χ2v) is 9.30. The van der Waals surface area contributed by atoms with Crippen LogP contribution >= 0.6 is 11.8 Å². The molecule has 2 heterocycles. The first-order valence-corrected chi connectivity index (χ1v) is 11.1. The Morgan fingerprint density at radius 2 is 2.10 bits per heavy atom. The number of carbonyl (C=O) groups excluding carboxylic acids is 1. The van der Waals surface area contributed by atoms with Crippen molar-refractivity contribution < 1.29 is 14.3 Å². The molecule has 3 rings (SSSR count). The zero-order valence-electron chi connectivity index (χ0n) is 18.3. The van der Waals surface area contributed by atoms with E-state index in [1.165, 1.54) is 4.90 Å². The molecule has 1 amide bonds. The van der Waals surface area contributed by atoms with E-state index in [0.717, 1.165) is 73.1 Å². The van der Waals surface area contributed by atoms with Gasteiger partial charge in [-0.2, -0.15) is 4.99 Å². The van der Waals surface area contributed by atoms with E-state index in [-0.39, 0.29) is 0 Å². The molecule has 0 unspecified atom stereocenters. The standard InChI is InChI=1S/C22H32N4O3S/c1-16-18(28-4)6-5-7-19(16)30-17(2)20(23)24-21(25(3)15-27)26-11-8-22(9-12-26)10-13-29-14-22/h5-7,15H,8-14,23H2,1-4H3/b20-17+,24-21?. The molecule has 1 spiro atoms. The van der Waals surface area contributed by atoms with Crippen LogP contribution in [0.25, 0.3) is 0 Å². The molecule has 2 saturated heterocycles. The minimum Gasteiger partial charge on any atom is -0.496 e. The Labute approximate surface area is 183 Å². The molecular formula is C22H32N4O3S. The van der Waals surface area contributed by atoms with Crippen LogP contribution in [0.4, 0.5) is 0 Å². The van der Waals surface area contributed by atoms with Gasteiger partial charge in [-0.3, -0.25) is 9.69 Å². The molecule has 0 bridgehead atoms. The number of nitrogens with two attached hydrogens (primary N) is 1. The number of ether oxygens (including phenoxy) is 2. The molecule has 0 atom stereocenters. The largest absolute Gasteiger partial charge is 0.496 e. The summed E-state index contributed by atoms with van der Waals surface area (Å²) in [4.78, 5) is 21.8. The number of benzene rings is 1. The van der Waals surface area contributed by atoms with Crippen LogP contribution in [-0.2, 0) is 9.53 Å². The number of rotatable bonds is 5. The highest BCUT2D eigenvalue weighted by Gasteiger charge is 2.39. The third kappa shape index (κ3) is 4.92. The number of amides is 1. The van der Waals surface area contributed by atoms with Gasteiger partial charge < -0.3 is 20.1 Å². The number of guanidine groups is 1. The number of methoxy groups -OCH3 is 1. The predicted molar refractivity (Wildman–Crippen MR) is 120 cm³/mol. The van der Waals surface area contributed by atoms with E-state index < -0.39 is 0 Å². The average molecular weight is 433 g/mol. The summed E-state index contributed by atoms with van der Waals surface area (Å²) < 4.78 is 11.0. The zero-order valence-corrected chi connectivity index (χ0v) is 19.1. The lowest BCUT2D eigenvalue weighted by Gasteiger charge is -2.40. The Bertz CT molecular complexity index is 824. The van der Waals surface area contributed by atoms with E-state index in [9.17, 15) is 4.79 Å². The second-order valence-electron chi connectivity index (χ2n) is 8.04. The Balaban J connectivity index is 1.79. The summed E-state index contributed by atoms with van der Waals surface area (Å²) in [6.45, 7) is 7.35. The van der Waals surface area contributed by atoms with Gasteiger partial charge in [0.25, 0.3) is 0 Å². The topological polar surface area (TPSA) is 80.4 Å². The fourth-order valence-corrected chi connectivity index (χ4v) is 4.85. The first kappa shape index (κ1) is 22.5. The van der Waals surface area contributed by atoms with Crippen LogP contribution in [0, 0.1) is 12.3 Å². The summed E-state index contributed by atoms with van der Waals surface area (Å²) >= 11 is 1.56. The normalized spacial score (nSPS) is 19.6. The number of hydrogen-bond donors (Lipinski definition) is 1. The minimum atomic E-state index is 0.290. The first-order valence-electron chi connectivity index (χ1n) is 10.3. The van der Waals surface area contributed by atoms with Crippen molar-refractivity contribution >= 4 is 24.1 Å². The molecule has 7 nitrogen and oxygen atoms in total. The number of hydrogen-bond acceptors (Lipinski definition) is 6. The number of aliphatic imine (C=N–C) groups is 1. The maximum atomic E-state index is 11.5. The van der Waals surface area contributed by atoms with E-state index in [0.29, 0.717) is 17.2 Å². The maximum Gasteiger partial charge on any atom is 0.216 e. The lowest BCUT2D eigenvalue weighted by molar-refractivity contribution is -0.114. The molecule has 1 aromatic rings. The molecular weight excluding hydrogens is 400 g/mol. The van der Waals surface area contributed by atoms with Crippen LogP contribution in [0.5, 0.6) is 5.75 Å². The van der Waals surface area contributed by atoms with Crippen LogP contribution in [0.15, 0.2) is 38.8 Å². The molecule has 2 fully saturated rings. The Morgan fingerprint density at radius 1 is 1.37 bits per heavy atom. The molecule has 164 valence electrons.